The molecule has 2 N–H and O–H groups in total. The fraction of sp³-hybridized carbons (Fsp3) is 1.00. The highest BCUT2D eigenvalue weighted by molar-refractivity contribution is 4.75. The monoisotopic (exact) mass is 174 g/mol. The lowest BCUT2D eigenvalue weighted by atomic mass is 9.89. The first kappa shape index (κ1) is 11.9. The summed E-state index contributed by atoms with van der Waals surface area (Å²) in [4.78, 5) is 0. The molecule has 0 aliphatic rings. The second kappa shape index (κ2) is 5.55. The van der Waals surface area contributed by atoms with Gasteiger partial charge in [0.15, 0.2) is 0 Å². The second-order valence-electron chi connectivity index (χ2n) is 3.75. The van der Waals surface area contributed by atoms with Gasteiger partial charge in [0.1, 0.15) is 0 Å². The van der Waals surface area contributed by atoms with E-state index in [2.05, 4.69) is 0 Å². The van der Waals surface area contributed by atoms with Gasteiger partial charge in [-0.1, -0.05) is 40.5 Å². The summed E-state index contributed by atoms with van der Waals surface area (Å²) in [5, 5.41) is 19.3. The quantitative estimate of drug-likeness (QED) is 0.667. The standard InChI is InChI=1S/C10H22O2/c1-5-7(3)9(11)10(12)8(4)6-2/h7-12H,5-6H2,1-4H3/t7?,8?,9-,10+. The highest BCUT2D eigenvalue weighted by Gasteiger charge is 2.25. The maximum atomic E-state index is 9.64. The van der Waals surface area contributed by atoms with Crippen molar-refractivity contribution in [3.63, 3.8) is 0 Å². The van der Waals surface area contributed by atoms with E-state index >= 15 is 0 Å². The molecule has 0 heterocycles. The average molecular weight is 174 g/mol. The fourth-order valence-corrected chi connectivity index (χ4v) is 1.16. The molecule has 0 bridgehead atoms. The highest BCUT2D eigenvalue weighted by Crippen LogP contribution is 2.18. The van der Waals surface area contributed by atoms with Crippen LogP contribution in [0.3, 0.4) is 0 Å². The van der Waals surface area contributed by atoms with Crippen LogP contribution in [-0.4, -0.2) is 22.4 Å². The van der Waals surface area contributed by atoms with Crippen molar-refractivity contribution in [1.29, 1.82) is 0 Å². The van der Waals surface area contributed by atoms with E-state index in [0.717, 1.165) is 12.8 Å². The Labute approximate surface area is 75.6 Å². The third kappa shape index (κ3) is 3.11. The maximum absolute atomic E-state index is 9.64. The first-order valence-corrected chi connectivity index (χ1v) is 4.90. The van der Waals surface area contributed by atoms with Crippen molar-refractivity contribution in [2.75, 3.05) is 0 Å². The van der Waals surface area contributed by atoms with Crippen molar-refractivity contribution >= 4 is 0 Å². The van der Waals surface area contributed by atoms with Gasteiger partial charge in [0, 0.05) is 0 Å². The maximum Gasteiger partial charge on any atom is 0.0827 e. The molecule has 74 valence electrons. The Morgan fingerprint density at radius 1 is 0.833 bits per heavy atom. The Kier molecular flexibility index (Phi) is 5.51. The van der Waals surface area contributed by atoms with E-state index in [1.807, 2.05) is 27.7 Å². The van der Waals surface area contributed by atoms with E-state index in [4.69, 9.17) is 0 Å². The third-order valence-electron chi connectivity index (χ3n) is 2.80. The van der Waals surface area contributed by atoms with Crippen molar-refractivity contribution in [3.8, 4) is 0 Å². The molecule has 2 unspecified atom stereocenters. The number of hydrogen-bond donors (Lipinski definition) is 2. The average Bonchev–Trinajstić information content (AvgIpc) is 2.12. The Hall–Kier alpha value is -0.0800. The molecule has 0 rings (SSSR count). The Bertz CT molecular complexity index is 100. The zero-order valence-corrected chi connectivity index (χ0v) is 8.62. The lowest BCUT2D eigenvalue weighted by Crippen LogP contribution is -2.36. The van der Waals surface area contributed by atoms with Crippen LogP contribution in [0.2, 0.25) is 0 Å². The van der Waals surface area contributed by atoms with E-state index in [1.54, 1.807) is 0 Å². The molecular formula is C10H22O2. The van der Waals surface area contributed by atoms with Crippen LogP contribution in [0, 0.1) is 11.8 Å². The lowest BCUT2D eigenvalue weighted by molar-refractivity contribution is -0.0413. The third-order valence-corrected chi connectivity index (χ3v) is 2.80. The summed E-state index contributed by atoms with van der Waals surface area (Å²) in [6, 6.07) is 0. The number of aliphatic hydroxyl groups is 2. The van der Waals surface area contributed by atoms with Crippen LogP contribution in [0.1, 0.15) is 40.5 Å². The minimum Gasteiger partial charge on any atom is -0.390 e. The van der Waals surface area contributed by atoms with Crippen molar-refractivity contribution < 1.29 is 10.2 Å². The number of rotatable bonds is 5. The van der Waals surface area contributed by atoms with Crippen molar-refractivity contribution in [2.24, 2.45) is 11.8 Å². The molecule has 12 heavy (non-hydrogen) atoms. The summed E-state index contributed by atoms with van der Waals surface area (Å²) in [7, 11) is 0. The second-order valence-corrected chi connectivity index (χ2v) is 3.75. The summed E-state index contributed by atoms with van der Waals surface area (Å²) >= 11 is 0. The van der Waals surface area contributed by atoms with Crippen LogP contribution in [0.5, 0.6) is 0 Å². The van der Waals surface area contributed by atoms with Crippen LogP contribution in [0.25, 0.3) is 0 Å². The predicted octanol–water partition coefficient (Wildman–Crippen LogP) is 1.80. The highest BCUT2D eigenvalue weighted by atomic mass is 16.3. The topological polar surface area (TPSA) is 40.5 Å². The van der Waals surface area contributed by atoms with E-state index in [-0.39, 0.29) is 11.8 Å². The molecule has 0 aliphatic heterocycles. The van der Waals surface area contributed by atoms with E-state index < -0.39 is 12.2 Å². The van der Waals surface area contributed by atoms with Crippen molar-refractivity contribution in [1.82, 2.24) is 0 Å². The summed E-state index contributed by atoms with van der Waals surface area (Å²) in [6.45, 7) is 7.99. The van der Waals surface area contributed by atoms with Gasteiger partial charge in [0.25, 0.3) is 0 Å². The van der Waals surface area contributed by atoms with Crippen molar-refractivity contribution in [2.45, 2.75) is 52.7 Å². The summed E-state index contributed by atoms with van der Waals surface area (Å²) in [5.74, 6) is 0.378. The first-order valence-electron chi connectivity index (χ1n) is 4.90. The van der Waals surface area contributed by atoms with Crippen LogP contribution >= 0.6 is 0 Å². The largest absolute Gasteiger partial charge is 0.390 e. The smallest absolute Gasteiger partial charge is 0.0827 e. The van der Waals surface area contributed by atoms with Gasteiger partial charge in [-0.25, -0.2) is 0 Å². The van der Waals surface area contributed by atoms with Gasteiger partial charge in [0.2, 0.25) is 0 Å². The molecule has 0 aromatic rings. The molecular weight excluding hydrogens is 152 g/mol. The van der Waals surface area contributed by atoms with Crippen LogP contribution in [-0.2, 0) is 0 Å². The molecule has 0 radical (unpaired) electrons. The fourth-order valence-electron chi connectivity index (χ4n) is 1.16. The van der Waals surface area contributed by atoms with Crippen molar-refractivity contribution in [3.05, 3.63) is 0 Å². The molecule has 0 spiro atoms. The van der Waals surface area contributed by atoms with Gasteiger partial charge in [-0.3, -0.25) is 0 Å². The molecule has 2 nitrogen and oxygen atoms in total. The number of hydrogen-bond acceptors (Lipinski definition) is 2. The summed E-state index contributed by atoms with van der Waals surface area (Å²) in [5.41, 5.74) is 0. The van der Waals surface area contributed by atoms with Crippen LogP contribution < -0.4 is 0 Å². The van der Waals surface area contributed by atoms with E-state index in [1.165, 1.54) is 0 Å². The minimum atomic E-state index is -0.565. The summed E-state index contributed by atoms with van der Waals surface area (Å²) < 4.78 is 0. The molecule has 0 aromatic heterocycles. The van der Waals surface area contributed by atoms with Gasteiger partial charge in [-0.15, -0.1) is 0 Å². The Morgan fingerprint density at radius 2 is 1.08 bits per heavy atom. The molecule has 0 aliphatic carbocycles. The Morgan fingerprint density at radius 3 is 1.25 bits per heavy atom. The molecule has 2 heteroatoms. The molecule has 0 aromatic carbocycles. The normalized spacial score (nSPS) is 21.5. The molecule has 0 fully saturated rings. The molecule has 0 saturated heterocycles. The van der Waals surface area contributed by atoms with E-state index in [9.17, 15) is 10.2 Å². The zero-order chi connectivity index (χ0) is 9.72. The van der Waals surface area contributed by atoms with Gasteiger partial charge < -0.3 is 10.2 Å². The lowest BCUT2D eigenvalue weighted by Gasteiger charge is -2.26. The molecule has 0 saturated carbocycles. The van der Waals surface area contributed by atoms with Gasteiger partial charge in [-0.05, 0) is 11.8 Å². The van der Waals surface area contributed by atoms with E-state index in [0.29, 0.717) is 0 Å². The van der Waals surface area contributed by atoms with Gasteiger partial charge in [-0.2, -0.15) is 0 Å². The Balaban J connectivity index is 3.99. The summed E-state index contributed by atoms with van der Waals surface area (Å²) in [6.07, 6.45) is 0.693. The molecule has 4 atom stereocenters. The number of aliphatic hydroxyl groups excluding tert-OH is 2. The van der Waals surface area contributed by atoms with Gasteiger partial charge in [0.05, 0.1) is 12.2 Å². The SMILES string of the molecule is CCC(C)[C@@H](O)[C@@H](O)C(C)CC. The van der Waals surface area contributed by atoms with Gasteiger partial charge >= 0.3 is 0 Å². The predicted molar refractivity (Wildman–Crippen MR) is 50.9 cm³/mol. The van der Waals surface area contributed by atoms with Crippen LogP contribution in [0.4, 0.5) is 0 Å². The first-order chi connectivity index (χ1) is 5.54. The minimum absolute atomic E-state index is 0.189. The zero-order valence-electron chi connectivity index (χ0n) is 8.62. The van der Waals surface area contributed by atoms with Crippen LogP contribution in [0.15, 0.2) is 0 Å². The molecule has 0 amide bonds.